The fourth-order valence-electron chi connectivity index (χ4n) is 4.23. The van der Waals surface area contributed by atoms with E-state index in [4.69, 9.17) is 10.5 Å². The quantitative estimate of drug-likeness (QED) is 0.449. The molecule has 0 aliphatic carbocycles. The lowest BCUT2D eigenvalue weighted by molar-refractivity contribution is 0.0527. The Bertz CT molecular complexity index is 1200. The molecule has 29 heavy (non-hydrogen) atoms. The number of nitrogens with two attached hydrogens (primary N) is 1. The van der Waals surface area contributed by atoms with Gasteiger partial charge in [0.1, 0.15) is 0 Å². The van der Waals surface area contributed by atoms with Crippen LogP contribution in [-0.2, 0) is 11.3 Å². The number of aromatic nitrogens is 1. The number of carbonyl (C=O) groups excluding carboxylic acids is 1. The summed E-state index contributed by atoms with van der Waals surface area (Å²) in [5, 5.41) is 3.31. The highest BCUT2D eigenvalue weighted by molar-refractivity contribution is 6.07. The molecule has 0 aliphatic rings. The average molecular weight is 386 g/mol. The van der Waals surface area contributed by atoms with Gasteiger partial charge in [-0.25, -0.2) is 4.79 Å². The zero-order valence-corrected chi connectivity index (χ0v) is 17.1. The molecule has 148 valence electrons. The third-order valence-electron chi connectivity index (χ3n) is 5.40. The number of fused-ring (bicyclic) bond motifs is 2. The average Bonchev–Trinajstić information content (AvgIpc) is 3.07. The molecule has 0 atom stereocenters. The molecule has 0 saturated carbocycles. The van der Waals surface area contributed by atoms with Gasteiger partial charge in [0.25, 0.3) is 0 Å². The monoisotopic (exact) mass is 386 g/mol. The molecule has 1 heterocycles. The van der Waals surface area contributed by atoms with Gasteiger partial charge in [0.15, 0.2) is 0 Å². The van der Waals surface area contributed by atoms with Gasteiger partial charge >= 0.3 is 5.97 Å². The van der Waals surface area contributed by atoms with E-state index in [9.17, 15) is 4.79 Å². The second kappa shape index (κ2) is 7.72. The molecule has 0 bridgehead atoms. The summed E-state index contributed by atoms with van der Waals surface area (Å²) >= 11 is 0. The molecule has 0 aliphatic heterocycles. The first-order chi connectivity index (χ1) is 14.1. The second-order valence-electron chi connectivity index (χ2n) is 7.47. The zero-order chi connectivity index (χ0) is 20.5. The van der Waals surface area contributed by atoms with Crippen LogP contribution in [0.3, 0.4) is 0 Å². The molecule has 4 aromatic rings. The van der Waals surface area contributed by atoms with Gasteiger partial charge in [0.05, 0.1) is 17.7 Å². The van der Waals surface area contributed by atoms with E-state index in [1.165, 1.54) is 16.3 Å². The molecule has 2 N–H and O–H groups in total. The van der Waals surface area contributed by atoms with Gasteiger partial charge in [-0.2, -0.15) is 0 Å². The third-order valence-corrected chi connectivity index (χ3v) is 5.40. The van der Waals surface area contributed by atoms with Crippen molar-refractivity contribution in [1.82, 2.24) is 4.57 Å². The third kappa shape index (κ3) is 3.19. The van der Waals surface area contributed by atoms with Gasteiger partial charge in [0, 0.05) is 23.7 Å². The van der Waals surface area contributed by atoms with Crippen LogP contribution in [0.5, 0.6) is 0 Å². The van der Waals surface area contributed by atoms with Crippen LogP contribution < -0.4 is 5.73 Å². The van der Waals surface area contributed by atoms with E-state index >= 15 is 0 Å². The Morgan fingerprint density at radius 1 is 1.03 bits per heavy atom. The molecule has 1 aromatic heterocycles. The smallest absolute Gasteiger partial charge is 0.340 e. The minimum absolute atomic E-state index is 0.169. The van der Waals surface area contributed by atoms with Crippen molar-refractivity contribution in [3.05, 3.63) is 71.9 Å². The summed E-state index contributed by atoms with van der Waals surface area (Å²) in [5.41, 5.74) is 10.8. The molecule has 0 saturated heterocycles. The molecule has 3 aromatic carbocycles. The highest BCUT2D eigenvalue weighted by Crippen LogP contribution is 2.35. The first-order valence-electron chi connectivity index (χ1n) is 10.1. The number of benzene rings is 3. The van der Waals surface area contributed by atoms with E-state index in [0.717, 1.165) is 22.2 Å². The number of carbonyl (C=O) groups is 1. The molecule has 0 fully saturated rings. The van der Waals surface area contributed by atoms with Crippen LogP contribution in [0.25, 0.3) is 32.8 Å². The summed E-state index contributed by atoms with van der Waals surface area (Å²) in [4.78, 5) is 12.7. The standard InChI is InChI=1S/C25H26N2O2/c1-4-29-25(28)24-21-13-12-18(14-22(21)27(16(2)3)23(24)15-26)20-11-7-9-17-8-5-6-10-19(17)20/h5-14,16H,4,15,26H2,1-3H3. The molecule has 4 heteroatoms. The number of hydrogen-bond acceptors (Lipinski definition) is 3. The van der Waals surface area contributed by atoms with Crippen molar-refractivity contribution in [2.75, 3.05) is 6.61 Å². The van der Waals surface area contributed by atoms with Crippen molar-refractivity contribution in [3.8, 4) is 11.1 Å². The maximum absolute atomic E-state index is 12.7. The highest BCUT2D eigenvalue weighted by atomic mass is 16.5. The maximum Gasteiger partial charge on any atom is 0.340 e. The van der Waals surface area contributed by atoms with Gasteiger partial charge in [-0.1, -0.05) is 54.6 Å². The summed E-state index contributed by atoms with van der Waals surface area (Å²) < 4.78 is 7.50. The number of nitrogens with zero attached hydrogens (tertiary/aromatic N) is 1. The van der Waals surface area contributed by atoms with Crippen molar-refractivity contribution >= 4 is 27.6 Å². The molecule has 0 amide bonds. The van der Waals surface area contributed by atoms with Crippen LogP contribution in [0.15, 0.2) is 60.7 Å². The topological polar surface area (TPSA) is 57.2 Å². The fourth-order valence-corrected chi connectivity index (χ4v) is 4.23. The minimum atomic E-state index is -0.310. The van der Waals surface area contributed by atoms with Crippen LogP contribution in [0.2, 0.25) is 0 Å². The summed E-state index contributed by atoms with van der Waals surface area (Å²) in [6, 6.07) is 21.2. The van der Waals surface area contributed by atoms with Crippen molar-refractivity contribution in [2.45, 2.75) is 33.4 Å². The number of hydrogen-bond donors (Lipinski definition) is 1. The highest BCUT2D eigenvalue weighted by Gasteiger charge is 2.24. The second-order valence-corrected chi connectivity index (χ2v) is 7.47. The summed E-state index contributed by atoms with van der Waals surface area (Å²) in [6.07, 6.45) is 0. The van der Waals surface area contributed by atoms with Crippen LogP contribution in [0.4, 0.5) is 0 Å². The largest absolute Gasteiger partial charge is 0.462 e. The minimum Gasteiger partial charge on any atom is -0.462 e. The van der Waals surface area contributed by atoms with E-state index in [1.54, 1.807) is 0 Å². The predicted molar refractivity (Wildman–Crippen MR) is 119 cm³/mol. The normalized spacial score (nSPS) is 11.5. The van der Waals surface area contributed by atoms with Crippen LogP contribution in [0.1, 0.15) is 42.9 Å². The predicted octanol–water partition coefficient (Wildman–Crippen LogP) is 5.68. The number of ether oxygens (including phenoxy) is 1. The lowest BCUT2D eigenvalue weighted by atomic mass is 9.97. The summed E-state index contributed by atoms with van der Waals surface area (Å²) in [5.74, 6) is -0.310. The Morgan fingerprint density at radius 2 is 1.79 bits per heavy atom. The zero-order valence-electron chi connectivity index (χ0n) is 17.1. The van der Waals surface area contributed by atoms with Crippen LogP contribution in [-0.4, -0.2) is 17.1 Å². The Kier molecular flexibility index (Phi) is 5.12. The Hall–Kier alpha value is -3.11. The van der Waals surface area contributed by atoms with Gasteiger partial charge in [-0.15, -0.1) is 0 Å². The fraction of sp³-hybridized carbons (Fsp3) is 0.240. The van der Waals surface area contributed by atoms with Crippen molar-refractivity contribution < 1.29 is 9.53 Å². The van der Waals surface area contributed by atoms with E-state index < -0.39 is 0 Å². The lowest BCUT2D eigenvalue weighted by Crippen LogP contribution is -2.14. The molecule has 0 spiro atoms. The Labute approximate surface area is 170 Å². The van der Waals surface area contributed by atoms with E-state index in [1.807, 2.05) is 13.0 Å². The van der Waals surface area contributed by atoms with E-state index in [2.05, 4.69) is 73.0 Å². The molecule has 4 nitrogen and oxygen atoms in total. The summed E-state index contributed by atoms with van der Waals surface area (Å²) in [7, 11) is 0. The van der Waals surface area contributed by atoms with Crippen molar-refractivity contribution in [1.29, 1.82) is 0 Å². The van der Waals surface area contributed by atoms with Gasteiger partial charge in [-0.05, 0) is 48.7 Å². The van der Waals surface area contributed by atoms with Crippen molar-refractivity contribution in [3.63, 3.8) is 0 Å². The Balaban J connectivity index is 2.01. The van der Waals surface area contributed by atoms with E-state index in [0.29, 0.717) is 12.2 Å². The number of esters is 1. The maximum atomic E-state index is 12.7. The number of rotatable bonds is 5. The molecular weight excluding hydrogens is 360 g/mol. The van der Waals surface area contributed by atoms with Gasteiger partial charge in [-0.3, -0.25) is 0 Å². The van der Waals surface area contributed by atoms with Gasteiger partial charge < -0.3 is 15.0 Å². The van der Waals surface area contributed by atoms with Crippen LogP contribution in [0, 0.1) is 0 Å². The first-order valence-corrected chi connectivity index (χ1v) is 10.1. The molecular formula is C25H26N2O2. The molecule has 0 unspecified atom stereocenters. The lowest BCUT2D eigenvalue weighted by Gasteiger charge is -2.15. The van der Waals surface area contributed by atoms with Crippen molar-refractivity contribution in [2.24, 2.45) is 5.73 Å². The summed E-state index contributed by atoms with van der Waals surface area (Å²) in [6.45, 7) is 6.66. The van der Waals surface area contributed by atoms with Crippen LogP contribution >= 0.6 is 0 Å². The van der Waals surface area contributed by atoms with E-state index in [-0.39, 0.29) is 18.6 Å². The Morgan fingerprint density at radius 3 is 2.52 bits per heavy atom. The first kappa shape index (κ1) is 19.2. The SMILES string of the molecule is CCOC(=O)c1c(CN)n(C(C)C)c2cc(-c3cccc4ccccc34)ccc12. The van der Waals surface area contributed by atoms with Gasteiger partial charge in [0.2, 0.25) is 0 Å². The molecule has 0 radical (unpaired) electrons. The molecule has 4 rings (SSSR count).